The fourth-order valence-electron chi connectivity index (χ4n) is 5.83. The van der Waals surface area contributed by atoms with Gasteiger partial charge in [0.15, 0.2) is 11.6 Å². The van der Waals surface area contributed by atoms with Crippen LogP contribution in [0.3, 0.4) is 0 Å². The second-order valence-corrected chi connectivity index (χ2v) is 10.3. The van der Waals surface area contributed by atoms with Gasteiger partial charge in [-0.2, -0.15) is 18.2 Å². The third-order valence-electron chi connectivity index (χ3n) is 7.69. The zero-order valence-electron chi connectivity index (χ0n) is 21.7. The molecule has 3 aromatic rings. The summed E-state index contributed by atoms with van der Waals surface area (Å²) in [6.45, 7) is 5.09. The molecule has 0 radical (unpaired) electrons. The average Bonchev–Trinajstić information content (AvgIpc) is 3.54. The number of rotatable bonds is 9. The van der Waals surface area contributed by atoms with E-state index in [2.05, 4.69) is 16.5 Å². The largest absolute Gasteiger partial charge is 0.473 e. The maximum Gasteiger partial charge on any atom is 0.433 e. The average molecular weight is 572 g/mol. The number of fused-ring (bicyclic) bond motifs is 3. The normalized spacial score (nSPS) is 20.8. The van der Waals surface area contributed by atoms with E-state index in [0.29, 0.717) is 37.0 Å². The van der Waals surface area contributed by atoms with Crippen LogP contribution in [0.2, 0.25) is 0 Å². The number of unbranched alkanes of at least 4 members (excludes halogenated alkanes) is 1. The van der Waals surface area contributed by atoms with Gasteiger partial charge in [0.25, 0.3) is 5.91 Å². The van der Waals surface area contributed by atoms with Crippen LogP contribution in [0.5, 0.6) is 17.4 Å². The molecule has 13 heteroatoms. The Kier molecular flexibility index (Phi) is 6.46. The molecule has 0 saturated carbocycles. The SMILES string of the molecule is C=CCCCN1C(=O)[C@]23C[C@H]1CN2c1cc(OCc2ccc(Oc4ccnc(C(F)(F)F)c4)c(F)c2)nc(=O)n1C3. The first-order valence-electron chi connectivity index (χ1n) is 13.0. The van der Waals surface area contributed by atoms with E-state index in [-0.39, 0.29) is 42.5 Å². The van der Waals surface area contributed by atoms with Crippen LogP contribution in [-0.2, 0) is 24.1 Å². The van der Waals surface area contributed by atoms with Crippen molar-refractivity contribution in [2.24, 2.45) is 0 Å². The van der Waals surface area contributed by atoms with Crippen molar-refractivity contribution in [3.63, 3.8) is 0 Å². The van der Waals surface area contributed by atoms with E-state index in [1.165, 1.54) is 22.8 Å². The molecule has 0 aliphatic carbocycles. The van der Waals surface area contributed by atoms with Gasteiger partial charge in [-0.15, -0.1) is 6.58 Å². The first-order chi connectivity index (χ1) is 19.6. The molecule has 2 fully saturated rings. The van der Waals surface area contributed by atoms with E-state index in [0.717, 1.165) is 25.1 Å². The fourth-order valence-corrected chi connectivity index (χ4v) is 5.83. The van der Waals surface area contributed by atoms with E-state index in [9.17, 15) is 27.2 Å². The lowest BCUT2D eigenvalue weighted by Gasteiger charge is -2.37. The number of ether oxygens (including phenoxy) is 2. The van der Waals surface area contributed by atoms with Crippen LogP contribution in [0.1, 0.15) is 30.5 Å². The minimum absolute atomic E-state index is 0.0163. The van der Waals surface area contributed by atoms with Gasteiger partial charge in [0.05, 0.1) is 12.6 Å². The summed E-state index contributed by atoms with van der Waals surface area (Å²) in [6, 6.07) is 7.43. The molecule has 2 saturated heterocycles. The number of nitrogens with zero attached hydrogens (tertiary/aromatic N) is 5. The molecule has 0 N–H and O–H groups in total. The van der Waals surface area contributed by atoms with E-state index < -0.39 is 28.9 Å². The summed E-state index contributed by atoms with van der Waals surface area (Å²) in [4.78, 5) is 37.4. The van der Waals surface area contributed by atoms with Crippen LogP contribution in [0, 0.1) is 5.82 Å². The lowest BCUT2D eigenvalue weighted by atomic mass is 9.99. The minimum Gasteiger partial charge on any atom is -0.473 e. The Morgan fingerprint density at radius 3 is 2.76 bits per heavy atom. The molecular formula is C28H25F4N5O4. The van der Waals surface area contributed by atoms with Gasteiger partial charge in [-0.05, 0) is 36.6 Å². The molecule has 9 nitrogen and oxygen atoms in total. The number of allylic oxidation sites excluding steroid dienone is 1. The number of aromatic nitrogens is 3. The highest BCUT2D eigenvalue weighted by Crippen LogP contribution is 2.48. The van der Waals surface area contributed by atoms with Gasteiger partial charge in [-0.25, -0.2) is 9.18 Å². The third kappa shape index (κ3) is 4.68. The maximum absolute atomic E-state index is 14.7. The Hall–Kier alpha value is -4.42. The minimum atomic E-state index is -4.66. The van der Waals surface area contributed by atoms with Gasteiger partial charge in [0, 0.05) is 37.8 Å². The van der Waals surface area contributed by atoms with Crippen molar-refractivity contribution in [3.05, 3.63) is 82.8 Å². The number of likely N-dealkylation sites (tertiary alicyclic amines) is 1. The third-order valence-corrected chi connectivity index (χ3v) is 7.69. The molecule has 2 aromatic heterocycles. The molecule has 2 atom stereocenters. The number of hydrogen-bond acceptors (Lipinski definition) is 7. The van der Waals surface area contributed by atoms with Crippen LogP contribution >= 0.6 is 0 Å². The second kappa shape index (κ2) is 9.89. The number of piperazine rings is 1. The predicted molar refractivity (Wildman–Crippen MR) is 138 cm³/mol. The number of carbonyl (C=O) groups excluding carboxylic acids is 1. The summed E-state index contributed by atoms with van der Waals surface area (Å²) in [5, 5.41) is 0. The lowest BCUT2D eigenvalue weighted by molar-refractivity contribution is -0.141. The smallest absolute Gasteiger partial charge is 0.433 e. The molecule has 0 unspecified atom stereocenters. The number of alkyl halides is 3. The lowest BCUT2D eigenvalue weighted by Crippen LogP contribution is -2.57. The predicted octanol–water partition coefficient (Wildman–Crippen LogP) is 4.31. The first kappa shape index (κ1) is 26.8. The standard InChI is InChI=1S/C28H25F4N5O4/c1-2-3-4-9-35-18-13-27(25(35)38)16-36-24(37(27)14-18)12-23(34-26(36)39)40-15-17-5-6-21(20(29)10-17)41-19-7-8-33-22(11-19)28(30,31)32/h2,5-8,10-12,18H,1,3-4,9,13-16H2/t18-,27+/m0/s1. The summed E-state index contributed by atoms with van der Waals surface area (Å²) in [7, 11) is 0. The Bertz CT molecular complexity index is 1590. The molecule has 1 aromatic carbocycles. The molecule has 3 aliphatic rings. The number of amides is 1. The Morgan fingerprint density at radius 2 is 2.00 bits per heavy atom. The van der Waals surface area contributed by atoms with Gasteiger partial charge in [-0.3, -0.25) is 14.3 Å². The molecule has 5 heterocycles. The quantitative estimate of drug-likeness (QED) is 0.215. The molecule has 6 rings (SSSR count). The Morgan fingerprint density at radius 1 is 1.17 bits per heavy atom. The number of benzene rings is 1. The summed E-state index contributed by atoms with van der Waals surface area (Å²) >= 11 is 0. The van der Waals surface area contributed by atoms with E-state index in [1.807, 2.05) is 15.9 Å². The summed E-state index contributed by atoms with van der Waals surface area (Å²) in [5.74, 6) is -0.697. The van der Waals surface area contributed by atoms with Crippen LogP contribution in [0.4, 0.5) is 23.4 Å². The highest BCUT2D eigenvalue weighted by molar-refractivity contribution is 5.95. The maximum atomic E-state index is 14.7. The van der Waals surface area contributed by atoms with Crippen molar-refractivity contribution in [1.82, 2.24) is 19.4 Å². The van der Waals surface area contributed by atoms with Gasteiger partial charge >= 0.3 is 11.9 Å². The summed E-state index contributed by atoms with van der Waals surface area (Å²) in [6.07, 6.45) is 0.396. The van der Waals surface area contributed by atoms with Crippen LogP contribution < -0.4 is 20.1 Å². The molecule has 41 heavy (non-hydrogen) atoms. The summed E-state index contributed by atoms with van der Waals surface area (Å²) < 4.78 is 65.9. The van der Waals surface area contributed by atoms with Crippen molar-refractivity contribution < 1.29 is 31.8 Å². The van der Waals surface area contributed by atoms with Gasteiger partial charge in [0.2, 0.25) is 5.88 Å². The Balaban J connectivity index is 1.14. The topological polar surface area (TPSA) is 89.8 Å². The number of halogens is 4. The molecule has 214 valence electrons. The van der Waals surface area contributed by atoms with E-state index >= 15 is 0 Å². The van der Waals surface area contributed by atoms with Crippen LogP contribution in [0.15, 0.2) is 60.0 Å². The molecule has 1 spiro atoms. The van der Waals surface area contributed by atoms with Crippen molar-refractivity contribution in [2.45, 2.75) is 50.2 Å². The van der Waals surface area contributed by atoms with Crippen molar-refractivity contribution in [1.29, 1.82) is 0 Å². The monoisotopic (exact) mass is 571 g/mol. The first-order valence-corrected chi connectivity index (χ1v) is 13.0. The summed E-state index contributed by atoms with van der Waals surface area (Å²) in [5.41, 5.74) is -2.11. The van der Waals surface area contributed by atoms with Crippen molar-refractivity contribution >= 4 is 11.7 Å². The van der Waals surface area contributed by atoms with Gasteiger partial charge < -0.3 is 19.3 Å². The number of anilines is 1. The van der Waals surface area contributed by atoms with E-state index in [1.54, 1.807) is 6.07 Å². The zero-order chi connectivity index (χ0) is 28.9. The van der Waals surface area contributed by atoms with Gasteiger partial charge in [0.1, 0.15) is 29.4 Å². The highest BCUT2D eigenvalue weighted by atomic mass is 19.4. The zero-order valence-corrected chi connectivity index (χ0v) is 21.7. The van der Waals surface area contributed by atoms with Crippen LogP contribution in [0.25, 0.3) is 0 Å². The van der Waals surface area contributed by atoms with Crippen LogP contribution in [-0.4, -0.2) is 50.0 Å². The van der Waals surface area contributed by atoms with Gasteiger partial charge in [-0.1, -0.05) is 12.1 Å². The van der Waals surface area contributed by atoms with Crippen molar-refractivity contribution in [3.8, 4) is 17.4 Å². The number of hydrogen-bond donors (Lipinski definition) is 0. The highest BCUT2D eigenvalue weighted by Gasteiger charge is 2.64. The number of pyridine rings is 1. The van der Waals surface area contributed by atoms with E-state index in [4.69, 9.17) is 9.47 Å². The second-order valence-electron chi connectivity index (χ2n) is 10.3. The van der Waals surface area contributed by atoms with Crippen molar-refractivity contribution in [2.75, 3.05) is 18.0 Å². The molecular weight excluding hydrogens is 546 g/mol. The molecule has 3 aliphatic heterocycles. The molecule has 1 amide bonds. The Labute approximate surface area is 231 Å². The number of carbonyl (C=O) groups is 1. The fraction of sp³-hybridized carbons (Fsp3) is 0.357. The molecule has 2 bridgehead atoms.